The van der Waals surface area contributed by atoms with Crippen molar-refractivity contribution in [3.63, 3.8) is 0 Å². The van der Waals surface area contributed by atoms with E-state index in [4.69, 9.17) is 4.98 Å². The van der Waals surface area contributed by atoms with Crippen LogP contribution in [0.4, 0.5) is 0 Å². The Bertz CT molecular complexity index is 938. The first-order chi connectivity index (χ1) is 12.6. The van der Waals surface area contributed by atoms with Gasteiger partial charge in [0.25, 0.3) is 5.91 Å². The van der Waals surface area contributed by atoms with Crippen molar-refractivity contribution in [1.29, 1.82) is 0 Å². The molecule has 1 amide bonds. The molecule has 1 unspecified atom stereocenters. The van der Waals surface area contributed by atoms with E-state index in [-0.39, 0.29) is 11.9 Å². The lowest BCUT2D eigenvalue weighted by Crippen LogP contribution is -2.31. The van der Waals surface area contributed by atoms with Crippen molar-refractivity contribution in [2.45, 2.75) is 32.7 Å². The summed E-state index contributed by atoms with van der Waals surface area (Å²) in [5, 5.41) is 1.95. The SMILES string of the molecule is Cc1ncc(-c2ccncc2)c(C2CCCN2C(=O)c2csc(C)c2)n1. The van der Waals surface area contributed by atoms with Crippen molar-refractivity contribution in [1.82, 2.24) is 19.9 Å². The number of hydrogen-bond donors (Lipinski definition) is 0. The molecule has 1 saturated heterocycles. The number of hydrogen-bond acceptors (Lipinski definition) is 5. The largest absolute Gasteiger partial charge is 0.330 e. The minimum Gasteiger partial charge on any atom is -0.330 e. The first-order valence-electron chi connectivity index (χ1n) is 8.73. The van der Waals surface area contributed by atoms with Crippen molar-refractivity contribution in [2.75, 3.05) is 6.54 Å². The number of carbonyl (C=O) groups is 1. The molecule has 0 aliphatic carbocycles. The van der Waals surface area contributed by atoms with Crippen LogP contribution in [-0.4, -0.2) is 32.3 Å². The zero-order valence-corrected chi connectivity index (χ0v) is 15.7. The average Bonchev–Trinajstić information content (AvgIpc) is 3.31. The van der Waals surface area contributed by atoms with Gasteiger partial charge in [-0.25, -0.2) is 9.97 Å². The fraction of sp³-hybridized carbons (Fsp3) is 0.300. The Morgan fingerprint density at radius 1 is 1.27 bits per heavy atom. The van der Waals surface area contributed by atoms with Gasteiger partial charge in [0, 0.05) is 41.0 Å². The number of aromatic nitrogens is 3. The fourth-order valence-electron chi connectivity index (χ4n) is 3.51. The summed E-state index contributed by atoms with van der Waals surface area (Å²) in [7, 11) is 0. The molecule has 0 spiro atoms. The van der Waals surface area contributed by atoms with Crippen LogP contribution in [0.5, 0.6) is 0 Å². The van der Waals surface area contributed by atoms with Crippen LogP contribution in [0, 0.1) is 13.8 Å². The molecule has 0 saturated carbocycles. The minimum absolute atomic E-state index is 0.0208. The van der Waals surface area contributed by atoms with Crippen LogP contribution in [0.15, 0.2) is 42.2 Å². The molecule has 3 aromatic heterocycles. The molecular weight excluding hydrogens is 344 g/mol. The quantitative estimate of drug-likeness (QED) is 0.699. The summed E-state index contributed by atoms with van der Waals surface area (Å²) in [4.78, 5) is 29.4. The Kier molecular flexibility index (Phi) is 4.51. The smallest absolute Gasteiger partial charge is 0.255 e. The molecule has 0 bridgehead atoms. The third-order valence-corrected chi connectivity index (χ3v) is 5.60. The number of thiophene rings is 1. The minimum atomic E-state index is -0.0208. The zero-order chi connectivity index (χ0) is 18.1. The summed E-state index contributed by atoms with van der Waals surface area (Å²) in [6.07, 6.45) is 7.31. The van der Waals surface area contributed by atoms with E-state index in [0.717, 1.165) is 52.5 Å². The van der Waals surface area contributed by atoms with E-state index in [1.165, 1.54) is 0 Å². The second kappa shape index (κ2) is 6.96. The van der Waals surface area contributed by atoms with Crippen LogP contribution < -0.4 is 0 Å². The standard InChI is InChI=1S/C20H20N4OS/c1-13-10-16(12-26-13)20(25)24-9-3-4-18(24)19-17(11-22-14(2)23-19)15-5-7-21-8-6-15/h5-8,10-12,18H,3-4,9H2,1-2H3. The summed E-state index contributed by atoms with van der Waals surface area (Å²) in [6, 6.07) is 5.87. The van der Waals surface area contributed by atoms with Crippen molar-refractivity contribution >= 4 is 17.2 Å². The van der Waals surface area contributed by atoms with E-state index in [1.54, 1.807) is 23.7 Å². The normalized spacial score (nSPS) is 16.8. The van der Waals surface area contributed by atoms with E-state index < -0.39 is 0 Å². The number of rotatable bonds is 3. The third kappa shape index (κ3) is 3.12. The molecule has 1 atom stereocenters. The van der Waals surface area contributed by atoms with Crippen LogP contribution in [0.3, 0.4) is 0 Å². The fourth-order valence-corrected chi connectivity index (χ4v) is 4.19. The third-order valence-electron chi connectivity index (χ3n) is 4.74. The molecule has 4 heterocycles. The van der Waals surface area contributed by atoms with E-state index in [0.29, 0.717) is 0 Å². The molecule has 4 rings (SSSR count). The Morgan fingerprint density at radius 2 is 2.08 bits per heavy atom. The monoisotopic (exact) mass is 364 g/mol. The molecule has 6 heteroatoms. The van der Waals surface area contributed by atoms with E-state index >= 15 is 0 Å². The van der Waals surface area contributed by atoms with Crippen molar-refractivity contribution < 1.29 is 4.79 Å². The Labute approximate surface area is 156 Å². The van der Waals surface area contributed by atoms with Gasteiger partial charge in [0.2, 0.25) is 0 Å². The van der Waals surface area contributed by atoms with Crippen LogP contribution in [0.25, 0.3) is 11.1 Å². The van der Waals surface area contributed by atoms with Gasteiger partial charge >= 0.3 is 0 Å². The Morgan fingerprint density at radius 3 is 2.81 bits per heavy atom. The van der Waals surface area contributed by atoms with Crippen LogP contribution >= 0.6 is 11.3 Å². The maximum absolute atomic E-state index is 13.1. The molecular formula is C20H20N4OS. The first kappa shape index (κ1) is 16.8. The molecule has 26 heavy (non-hydrogen) atoms. The highest BCUT2D eigenvalue weighted by atomic mass is 32.1. The lowest BCUT2D eigenvalue weighted by Gasteiger charge is -2.26. The summed E-state index contributed by atoms with van der Waals surface area (Å²) in [5.41, 5.74) is 3.71. The molecule has 5 nitrogen and oxygen atoms in total. The number of carbonyl (C=O) groups excluding carboxylic acids is 1. The van der Waals surface area contributed by atoms with Gasteiger partial charge < -0.3 is 4.90 Å². The van der Waals surface area contributed by atoms with Gasteiger partial charge in [0.05, 0.1) is 17.3 Å². The molecule has 1 fully saturated rings. The van der Waals surface area contributed by atoms with E-state index in [1.807, 2.05) is 48.5 Å². The highest BCUT2D eigenvalue weighted by molar-refractivity contribution is 7.10. The summed E-state index contributed by atoms with van der Waals surface area (Å²) in [5.74, 6) is 0.817. The van der Waals surface area contributed by atoms with Crippen LogP contribution in [-0.2, 0) is 0 Å². The molecule has 1 aliphatic heterocycles. The van der Waals surface area contributed by atoms with Gasteiger partial charge in [-0.05, 0) is 50.5 Å². The Hall–Kier alpha value is -2.60. The molecule has 132 valence electrons. The van der Waals surface area contributed by atoms with Gasteiger partial charge in [0.15, 0.2) is 0 Å². The predicted octanol–water partition coefficient (Wildman–Crippen LogP) is 4.19. The second-order valence-electron chi connectivity index (χ2n) is 6.55. The van der Waals surface area contributed by atoms with Gasteiger partial charge in [-0.2, -0.15) is 0 Å². The van der Waals surface area contributed by atoms with Crippen molar-refractivity contribution in [3.05, 3.63) is 64.1 Å². The molecule has 1 aliphatic rings. The first-order valence-corrected chi connectivity index (χ1v) is 9.61. The second-order valence-corrected chi connectivity index (χ2v) is 7.67. The van der Waals surface area contributed by atoms with Gasteiger partial charge in [0.1, 0.15) is 5.82 Å². The number of pyridine rings is 1. The topological polar surface area (TPSA) is 59.0 Å². The predicted molar refractivity (Wildman–Crippen MR) is 102 cm³/mol. The van der Waals surface area contributed by atoms with E-state index in [2.05, 4.69) is 9.97 Å². The molecule has 3 aromatic rings. The summed E-state index contributed by atoms with van der Waals surface area (Å²) >= 11 is 1.61. The van der Waals surface area contributed by atoms with Crippen molar-refractivity contribution in [2.24, 2.45) is 0 Å². The highest BCUT2D eigenvalue weighted by Crippen LogP contribution is 2.37. The zero-order valence-electron chi connectivity index (χ0n) is 14.8. The van der Waals surface area contributed by atoms with Crippen molar-refractivity contribution in [3.8, 4) is 11.1 Å². The van der Waals surface area contributed by atoms with Gasteiger partial charge in [-0.1, -0.05) is 0 Å². The molecule has 0 N–H and O–H groups in total. The van der Waals surface area contributed by atoms with Crippen LogP contribution in [0.2, 0.25) is 0 Å². The summed E-state index contributed by atoms with van der Waals surface area (Å²) in [6.45, 7) is 4.68. The maximum Gasteiger partial charge on any atom is 0.255 e. The van der Waals surface area contributed by atoms with Gasteiger partial charge in [-0.3, -0.25) is 9.78 Å². The van der Waals surface area contributed by atoms with Gasteiger partial charge in [-0.15, -0.1) is 11.3 Å². The molecule has 0 radical (unpaired) electrons. The van der Waals surface area contributed by atoms with Crippen LogP contribution in [0.1, 0.15) is 45.6 Å². The lowest BCUT2D eigenvalue weighted by molar-refractivity contribution is 0.0733. The summed E-state index contributed by atoms with van der Waals surface area (Å²) < 4.78 is 0. The Balaban J connectivity index is 1.74. The number of likely N-dealkylation sites (tertiary alicyclic amines) is 1. The average molecular weight is 364 g/mol. The highest BCUT2D eigenvalue weighted by Gasteiger charge is 2.33. The number of aryl methyl sites for hydroxylation is 2. The van der Waals surface area contributed by atoms with E-state index in [9.17, 15) is 4.79 Å². The number of amides is 1. The number of nitrogens with zero attached hydrogens (tertiary/aromatic N) is 4. The molecule has 0 aromatic carbocycles. The maximum atomic E-state index is 13.1. The lowest BCUT2D eigenvalue weighted by atomic mass is 10.0.